The van der Waals surface area contributed by atoms with Crippen LogP contribution in [-0.2, 0) is 11.3 Å². The van der Waals surface area contributed by atoms with Crippen LogP contribution in [0.1, 0.15) is 20.1 Å². The van der Waals surface area contributed by atoms with Crippen LogP contribution in [-0.4, -0.2) is 35.5 Å². The number of aromatic carboxylic acids is 1. The summed E-state index contributed by atoms with van der Waals surface area (Å²) in [6, 6.07) is 10.5. The number of nitrogens with one attached hydrogen (secondary N) is 1. The first kappa shape index (κ1) is 16.2. The third kappa shape index (κ3) is 4.41. The number of hydrogen-bond acceptors (Lipinski definition) is 4. The second kappa shape index (κ2) is 7.20. The molecule has 0 unspecified atom stereocenters. The van der Waals surface area contributed by atoms with Crippen LogP contribution in [0.25, 0.3) is 0 Å². The van der Waals surface area contributed by atoms with E-state index < -0.39 is 5.97 Å². The lowest BCUT2D eigenvalue weighted by molar-refractivity contribution is -0.117. The lowest BCUT2D eigenvalue weighted by Gasteiger charge is -2.16. The molecule has 0 radical (unpaired) electrons. The fraction of sp³-hybridized carbons (Fsp3) is 0.250. The van der Waals surface area contributed by atoms with E-state index in [1.54, 1.807) is 29.5 Å². The second-order valence-corrected chi connectivity index (χ2v) is 6.46. The van der Waals surface area contributed by atoms with Gasteiger partial charge in [-0.2, -0.15) is 0 Å². The summed E-state index contributed by atoms with van der Waals surface area (Å²) in [6.07, 6.45) is 0. The zero-order chi connectivity index (χ0) is 16.1. The molecule has 116 valence electrons. The maximum absolute atomic E-state index is 12.1. The second-order valence-electron chi connectivity index (χ2n) is 5.08. The monoisotopic (exact) mass is 318 g/mol. The van der Waals surface area contributed by atoms with Gasteiger partial charge in [-0.25, -0.2) is 4.79 Å². The van der Waals surface area contributed by atoms with E-state index in [-0.39, 0.29) is 18.0 Å². The van der Waals surface area contributed by atoms with Crippen molar-refractivity contribution >= 4 is 28.9 Å². The SMILES string of the molecule is Cc1ccc(CN(C)CC(=O)Nc2ccccc2C(=O)O)s1. The zero-order valence-electron chi connectivity index (χ0n) is 12.5. The predicted octanol–water partition coefficient (Wildman–Crippen LogP) is 2.83. The standard InChI is InChI=1S/C16H18N2O3S/c1-11-7-8-12(22-11)9-18(2)10-15(19)17-14-6-4-3-5-13(14)16(20)21/h3-8H,9-10H2,1-2H3,(H,17,19)(H,20,21). The average Bonchev–Trinajstić information content (AvgIpc) is 2.83. The first-order valence-corrected chi connectivity index (χ1v) is 7.63. The Bertz CT molecular complexity index is 682. The number of hydrogen-bond donors (Lipinski definition) is 2. The van der Waals surface area contributed by atoms with Gasteiger partial charge in [-0.15, -0.1) is 11.3 Å². The van der Waals surface area contributed by atoms with Crippen LogP contribution in [0.3, 0.4) is 0 Å². The van der Waals surface area contributed by atoms with E-state index in [0.717, 1.165) is 0 Å². The van der Waals surface area contributed by atoms with Crippen LogP contribution in [0.15, 0.2) is 36.4 Å². The van der Waals surface area contributed by atoms with Crippen LogP contribution in [0.5, 0.6) is 0 Å². The molecule has 1 aromatic heterocycles. The molecule has 0 aliphatic carbocycles. The molecule has 22 heavy (non-hydrogen) atoms. The number of amides is 1. The van der Waals surface area contributed by atoms with Gasteiger partial charge in [0.25, 0.3) is 0 Å². The molecule has 0 saturated carbocycles. The molecule has 1 heterocycles. The number of carbonyl (C=O) groups excluding carboxylic acids is 1. The molecule has 5 nitrogen and oxygen atoms in total. The number of nitrogens with zero attached hydrogens (tertiary/aromatic N) is 1. The highest BCUT2D eigenvalue weighted by Gasteiger charge is 2.13. The number of aryl methyl sites for hydroxylation is 1. The minimum atomic E-state index is -1.06. The van der Waals surface area contributed by atoms with Crippen LogP contribution in [0.2, 0.25) is 0 Å². The maximum atomic E-state index is 12.1. The Hall–Kier alpha value is -2.18. The van der Waals surface area contributed by atoms with E-state index in [4.69, 9.17) is 5.11 Å². The van der Waals surface area contributed by atoms with Gasteiger partial charge in [0.1, 0.15) is 0 Å². The Morgan fingerprint density at radius 3 is 2.59 bits per heavy atom. The van der Waals surface area contributed by atoms with Gasteiger partial charge in [0, 0.05) is 16.3 Å². The van der Waals surface area contributed by atoms with Gasteiger partial charge in [0.2, 0.25) is 5.91 Å². The summed E-state index contributed by atoms with van der Waals surface area (Å²) in [6.45, 7) is 2.93. The Morgan fingerprint density at radius 2 is 1.95 bits per heavy atom. The average molecular weight is 318 g/mol. The van der Waals surface area contributed by atoms with Crippen molar-refractivity contribution in [2.45, 2.75) is 13.5 Å². The molecule has 0 spiro atoms. The van der Waals surface area contributed by atoms with Gasteiger partial charge < -0.3 is 10.4 Å². The first-order valence-electron chi connectivity index (χ1n) is 6.81. The van der Waals surface area contributed by atoms with Gasteiger partial charge in [-0.3, -0.25) is 9.69 Å². The lowest BCUT2D eigenvalue weighted by Crippen LogP contribution is -2.30. The van der Waals surface area contributed by atoms with Gasteiger partial charge in [0.05, 0.1) is 17.8 Å². The van der Waals surface area contributed by atoms with Crippen LogP contribution in [0, 0.1) is 6.92 Å². The molecule has 2 aromatic rings. The Kier molecular flexibility index (Phi) is 5.30. The van der Waals surface area contributed by atoms with Gasteiger partial charge in [-0.05, 0) is 38.2 Å². The molecule has 0 aliphatic rings. The summed E-state index contributed by atoms with van der Waals surface area (Å²) in [7, 11) is 1.86. The number of thiophene rings is 1. The third-order valence-corrected chi connectivity index (χ3v) is 4.05. The van der Waals surface area contributed by atoms with E-state index in [9.17, 15) is 9.59 Å². The van der Waals surface area contributed by atoms with Crippen molar-refractivity contribution in [3.8, 4) is 0 Å². The molecule has 1 amide bonds. The van der Waals surface area contributed by atoms with E-state index in [1.807, 2.05) is 24.9 Å². The topological polar surface area (TPSA) is 69.6 Å². The molecule has 0 atom stereocenters. The van der Waals surface area contributed by atoms with Crippen molar-refractivity contribution in [2.24, 2.45) is 0 Å². The largest absolute Gasteiger partial charge is 0.478 e. The fourth-order valence-corrected chi connectivity index (χ4v) is 3.08. The summed E-state index contributed by atoms with van der Waals surface area (Å²) in [5, 5.41) is 11.8. The Labute approximate surface area is 133 Å². The van der Waals surface area contributed by atoms with Gasteiger partial charge in [0.15, 0.2) is 0 Å². The van der Waals surface area contributed by atoms with Gasteiger partial charge >= 0.3 is 5.97 Å². The van der Waals surface area contributed by atoms with E-state index in [2.05, 4.69) is 11.4 Å². The molecule has 0 fully saturated rings. The molecule has 2 N–H and O–H groups in total. The van der Waals surface area contributed by atoms with Crippen molar-refractivity contribution in [1.29, 1.82) is 0 Å². The molecular formula is C16H18N2O3S. The number of para-hydroxylation sites is 1. The van der Waals surface area contributed by atoms with Crippen molar-refractivity contribution in [2.75, 3.05) is 18.9 Å². The number of benzene rings is 1. The third-order valence-electron chi connectivity index (χ3n) is 3.07. The van der Waals surface area contributed by atoms with E-state index in [0.29, 0.717) is 12.2 Å². The van der Waals surface area contributed by atoms with Gasteiger partial charge in [-0.1, -0.05) is 12.1 Å². The minimum Gasteiger partial charge on any atom is -0.478 e. The van der Waals surface area contributed by atoms with Crippen LogP contribution < -0.4 is 5.32 Å². The zero-order valence-corrected chi connectivity index (χ0v) is 13.3. The van der Waals surface area contributed by atoms with Crippen LogP contribution in [0.4, 0.5) is 5.69 Å². The summed E-state index contributed by atoms with van der Waals surface area (Å²) in [4.78, 5) is 27.5. The lowest BCUT2D eigenvalue weighted by atomic mass is 10.2. The smallest absolute Gasteiger partial charge is 0.337 e. The highest BCUT2D eigenvalue weighted by atomic mass is 32.1. The van der Waals surface area contributed by atoms with Crippen molar-refractivity contribution in [3.05, 3.63) is 51.7 Å². The van der Waals surface area contributed by atoms with Crippen molar-refractivity contribution < 1.29 is 14.7 Å². The number of likely N-dealkylation sites (N-methyl/N-ethyl adjacent to an activating group) is 1. The number of carboxylic acids is 1. The van der Waals surface area contributed by atoms with Crippen molar-refractivity contribution in [1.82, 2.24) is 4.90 Å². The van der Waals surface area contributed by atoms with E-state index in [1.165, 1.54) is 15.8 Å². The minimum absolute atomic E-state index is 0.0902. The summed E-state index contributed by atoms with van der Waals surface area (Å²) < 4.78 is 0. The highest BCUT2D eigenvalue weighted by Crippen LogP contribution is 2.17. The summed E-state index contributed by atoms with van der Waals surface area (Å²) in [5.74, 6) is -1.29. The molecule has 6 heteroatoms. The molecule has 0 saturated heterocycles. The summed E-state index contributed by atoms with van der Waals surface area (Å²) in [5.41, 5.74) is 0.410. The number of carbonyl (C=O) groups is 2. The number of carboxylic acid groups (broad SMARTS) is 1. The molecular weight excluding hydrogens is 300 g/mol. The normalized spacial score (nSPS) is 10.7. The maximum Gasteiger partial charge on any atom is 0.337 e. The molecule has 1 aromatic carbocycles. The quantitative estimate of drug-likeness (QED) is 0.859. The number of anilines is 1. The predicted molar refractivity (Wildman–Crippen MR) is 87.4 cm³/mol. The fourth-order valence-electron chi connectivity index (χ4n) is 2.11. The van der Waals surface area contributed by atoms with Crippen molar-refractivity contribution in [3.63, 3.8) is 0 Å². The Balaban J connectivity index is 1.94. The van der Waals surface area contributed by atoms with E-state index >= 15 is 0 Å². The van der Waals surface area contributed by atoms with Crippen LogP contribution >= 0.6 is 11.3 Å². The molecule has 0 aliphatic heterocycles. The summed E-state index contributed by atoms with van der Waals surface area (Å²) >= 11 is 1.70. The Morgan fingerprint density at radius 1 is 1.23 bits per heavy atom. The number of rotatable bonds is 6. The molecule has 0 bridgehead atoms. The first-order chi connectivity index (χ1) is 10.5. The highest BCUT2D eigenvalue weighted by molar-refractivity contribution is 7.11. The molecule has 2 rings (SSSR count).